The van der Waals surface area contributed by atoms with E-state index in [2.05, 4.69) is 4.98 Å². The number of carbonyl (C=O) groups is 1. The second-order valence-corrected chi connectivity index (χ2v) is 6.37. The molecule has 1 aliphatic rings. The summed E-state index contributed by atoms with van der Waals surface area (Å²) in [5.74, 6) is 0.772. The molecule has 5 heteroatoms. The summed E-state index contributed by atoms with van der Waals surface area (Å²) in [6.07, 6.45) is 3.42. The van der Waals surface area contributed by atoms with Gasteiger partial charge in [-0.1, -0.05) is 0 Å². The fourth-order valence-electron chi connectivity index (χ4n) is 2.38. The van der Waals surface area contributed by atoms with Gasteiger partial charge in [-0.2, -0.15) is 0 Å². The van der Waals surface area contributed by atoms with Crippen molar-refractivity contribution < 1.29 is 14.3 Å². The average molecular weight is 292 g/mol. The summed E-state index contributed by atoms with van der Waals surface area (Å²) in [4.78, 5) is 18.2. The van der Waals surface area contributed by atoms with E-state index in [1.807, 2.05) is 39.8 Å². The molecule has 0 aliphatic carbocycles. The molecule has 0 unspecified atom stereocenters. The van der Waals surface area contributed by atoms with Crippen LogP contribution in [-0.2, 0) is 4.74 Å². The van der Waals surface area contributed by atoms with Crippen molar-refractivity contribution in [3.05, 3.63) is 24.0 Å². The Balaban J connectivity index is 1.93. The lowest BCUT2D eigenvalue weighted by atomic mass is 10.2. The first-order valence-corrected chi connectivity index (χ1v) is 7.41. The smallest absolute Gasteiger partial charge is 0.410 e. The number of hydrogen-bond acceptors (Lipinski definition) is 4. The Morgan fingerprint density at radius 3 is 2.90 bits per heavy atom. The van der Waals surface area contributed by atoms with Crippen LogP contribution in [0.25, 0.3) is 0 Å². The molecule has 1 aliphatic heterocycles. The first kappa shape index (κ1) is 15.6. The Morgan fingerprint density at radius 1 is 1.48 bits per heavy atom. The minimum atomic E-state index is -0.467. The van der Waals surface area contributed by atoms with Crippen LogP contribution in [0, 0.1) is 6.92 Å². The van der Waals surface area contributed by atoms with E-state index >= 15 is 0 Å². The maximum absolute atomic E-state index is 12.2. The molecule has 1 aromatic rings. The van der Waals surface area contributed by atoms with Gasteiger partial charge in [-0.15, -0.1) is 0 Å². The standard InChI is InChI=1S/C16H24N2O3/c1-12-14(8-5-9-17-12)20-11-13-7-6-10-18(13)15(19)21-16(2,3)4/h5,8-9,13H,6-7,10-11H2,1-4H3/t13-/m0/s1. The van der Waals surface area contributed by atoms with Crippen LogP contribution in [0.4, 0.5) is 4.79 Å². The highest BCUT2D eigenvalue weighted by Crippen LogP contribution is 2.22. The zero-order valence-corrected chi connectivity index (χ0v) is 13.3. The van der Waals surface area contributed by atoms with Crippen LogP contribution >= 0.6 is 0 Å². The molecule has 1 amide bonds. The third kappa shape index (κ3) is 4.34. The second-order valence-electron chi connectivity index (χ2n) is 6.37. The number of ether oxygens (including phenoxy) is 2. The highest BCUT2D eigenvalue weighted by atomic mass is 16.6. The minimum Gasteiger partial charge on any atom is -0.490 e. The van der Waals surface area contributed by atoms with Crippen LogP contribution in [0.5, 0.6) is 5.75 Å². The van der Waals surface area contributed by atoms with Gasteiger partial charge < -0.3 is 14.4 Å². The van der Waals surface area contributed by atoms with Crippen molar-refractivity contribution in [2.45, 2.75) is 52.2 Å². The van der Waals surface area contributed by atoms with E-state index in [0.717, 1.165) is 30.8 Å². The van der Waals surface area contributed by atoms with Crippen molar-refractivity contribution in [2.75, 3.05) is 13.2 Å². The maximum atomic E-state index is 12.2. The van der Waals surface area contributed by atoms with Crippen LogP contribution in [0.15, 0.2) is 18.3 Å². The molecule has 21 heavy (non-hydrogen) atoms. The van der Waals surface area contributed by atoms with E-state index in [4.69, 9.17) is 9.47 Å². The summed E-state index contributed by atoms with van der Waals surface area (Å²) in [5.41, 5.74) is 0.393. The first-order valence-electron chi connectivity index (χ1n) is 7.41. The number of nitrogens with zero attached hydrogens (tertiary/aromatic N) is 2. The van der Waals surface area contributed by atoms with Crippen LogP contribution in [0.3, 0.4) is 0 Å². The summed E-state index contributed by atoms with van der Waals surface area (Å²) in [6, 6.07) is 3.82. The third-order valence-corrected chi connectivity index (χ3v) is 3.39. The topological polar surface area (TPSA) is 51.7 Å². The minimum absolute atomic E-state index is 0.0689. The maximum Gasteiger partial charge on any atom is 0.410 e. The largest absolute Gasteiger partial charge is 0.490 e. The normalized spacial score (nSPS) is 18.7. The Morgan fingerprint density at radius 2 is 2.24 bits per heavy atom. The molecular formula is C16H24N2O3. The Bertz CT molecular complexity index is 497. The van der Waals surface area contributed by atoms with E-state index in [-0.39, 0.29) is 12.1 Å². The Labute approximate surface area is 126 Å². The van der Waals surface area contributed by atoms with Gasteiger partial charge in [0, 0.05) is 12.7 Å². The fraction of sp³-hybridized carbons (Fsp3) is 0.625. The number of rotatable bonds is 3. The zero-order chi connectivity index (χ0) is 15.5. The quantitative estimate of drug-likeness (QED) is 0.858. The van der Waals surface area contributed by atoms with Crippen molar-refractivity contribution in [2.24, 2.45) is 0 Å². The molecular weight excluding hydrogens is 268 g/mol. The molecule has 0 bridgehead atoms. The lowest BCUT2D eigenvalue weighted by Gasteiger charge is -2.28. The van der Waals surface area contributed by atoms with Crippen molar-refractivity contribution in [3.8, 4) is 5.75 Å². The molecule has 0 aromatic carbocycles. The van der Waals surface area contributed by atoms with Crippen molar-refractivity contribution in [3.63, 3.8) is 0 Å². The summed E-state index contributed by atoms with van der Waals surface area (Å²) < 4.78 is 11.3. The van der Waals surface area contributed by atoms with Crippen LogP contribution < -0.4 is 4.74 Å². The summed E-state index contributed by atoms with van der Waals surface area (Å²) in [7, 11) is 0. The molecule has 5 nitrogen and oxygen atoms in total. The molecule has 1 aromatic heterocycles. The predicted octanol–water partition coefficient (Wildman–Crippen LogP) is 3.17. The molecule has 0 saturated carbocycles. The van der Waals surface area contributed by atoms with Gasteiger partial charge in [-0.25, -0.2) is 4.79 Å². The molecule has 2 heterocycles. The van der Waals surface area contributed by atoms with Gasteiger partial charge in [0.25, 0.3) is 0 Å². The molecule has 2 rings (SSSR count). The van der Waals surface area contributed by atoms with Crippen LogP contribution in [0.1, 0.15) is 39.3 Å². The molecule has 1 atom stereocenters. The second kappa shape index (κ2) is 6.33. The molecule has 1 saturated heterocycles. The van der Waals surface area contributed by atoms with Gasteiger partial charge in [0.05, 0.1) is 11.7 Å². The van der Waals surface area contributed by atoms with E-state index < -0.39 is 5.60 Å². The summed E-state index contributed by atoms with van der Waals surface area (Å²) >= 11 is 0. The number of hydrogen-bond donors (Lipinski definition) is 0. The van der Waals surface area contributed by atoms with Crippen molar-refractivity contribution in [1.29, 1.82) is 0 Å². The molecule has 0 radical (unpaired) electrons. The Hall–Kier alpha value is -1.78. The summed E-state index contributed by atoms with van der Waals surface area (Å²) in [6.45, 7) is 8.76. The predicted molar refractivity (Wildman–Crippen MR) is 80.4 cm³/mol. The van der Waals surface area contributed by atoms with Gasteiger partial charge in [-0.3, -0.25) is 4.98 Å². The number of likely N-dealkylation sites (tertiary alicyclic amines) is 1. The third-order valence-electron chi connectivity index (χ3n) is 3.39. The molecule has 1 fully saturated rings. The van der Waals surface area contributed by atoms with E-state index in [9.17, 15) is 4.79 Å². The van der Waals surface area contributed by atoms with Gasteiger partial charge in [0.15, 0.2) is 0 Å². The molecule has 0 spiro atoms. The van der Waals surface area contributed by atoms with E-state index in [1.165, 1.54) is 0 Å². The monoisotopic (exact) mass is 292 g/mol. The van der Waals surface area contributed by atoms with Crippen molar-refractivity contribution >= 4 is 6.09 Å². The number of pyridine rings is 1. The molecule has 0 N–H and O–H groups in total. The first-order chi connectivity index (χ1) is 9.87. The van der Waals surface area contributed by atoms with Gasteiger partial charge in [-0.05, 0) is 52.7 Å². The fourth-order valence-corrected chi connectivity index (χ4v) is 2.38. The van der Waals surface area contributed by atoms with Crippen LogP contribution in [0.2, 0.25) is 0 Å². The molecule has 116 valence electrons. The number of aryl methyl sites for hydroxylation is 1. The number of aromatic nitrogens is 1. The zero-order valence-electron chi connectivity index (χ0n) is 13.3. The van der Waals surface area contributed by atoms with E-state index in [0.29, 0.717) is 6.61 Å². The van der Waals surface area contributed by atoms with Crippen LogP contribution in [-0.4, -0.2) is 40.8 Å². The van der Waals surface area contributed by atoms with Gasteiger partial charge in [0.1, 0.15) is 18.0 Å². The highest BCUT2D eigenvalue weighted by Gasteiger charge is 2.32. The highest BCUT2D eigenvalue weighted by molar-refractivity contribution is 5.69. The van der Waals surface area contributed by atoms with Crippen molar-refractivity contribution in [1.82, 2.24) is 9.88 Å². The lowest BCUT2D eigenvalue weighted by Crippen LogP contribution is -2.42. The average Bonchev–Trinajstić information content (AvgIpc) is 2.84. The number of amides is 1. The number of carbonyl (C=O) groups excluding carboxylic acids is 1. The Kier molecular flexibility index (Phi) is 4.70. The SMILES string of the molecule is Cc1ncccc1OC[C@@H]1CCCN1C(=O)OC(C)(C)C. The summed E-state index contributed by atoms with van der Waals surface area (Å²) in [5, 5.41) is 0. The lowest BCUT2D eigenvalue weighted by molar-refractivity contribution is 0.0187. The van der Waals surface area contributed by atoms with E-state index in [1.54, 1.807) is 11.1 Å². The van der Waals surface area contributed by atoms with Gasteiger partial charge >= 0.3 is 6.09 Å². The van der Waals surface area contributed by atoms with Gasteiger partial charge in [0.2, 0.25) is 0 Å².